The van der Waals surface area contributed by atoms with Crippen LogP contribution in [0.4, 0.5) is 5.69 Å². The molecule has 0 bridgehead atoms. The molecule has 1 rings (SSSR count). The molecule has 82 valence electrons. The van der Waals surface area contributed by atoms with E-state index < -0.39 is 6.10 Å². The largest absolute Gasteiger partial charge is 0.391 e. The lowest BCUT2D eigenvalue weighted by Gasteiger charge is -2.10. The molecule has 0 aliphatic heterocycles. The lowest BCUT2D eigenvalue weighted by Crippen LogP contribution is -2.18. The molecule has 16 heavy (non-hydrogen) atoms. The molecule has 1 atom stereocenters. The number of nitriles is 2. The van der Waals surface area contributed by atoms with Crippen LogP contribution in [0.2, 0.25) is 0 Å². The zero-order valence-corrected chi connectivity index (χ0v) is 9.07. The Morgan fingerprint density at radius 3 is 2.56 bits per heavy atom. The summed E-state index contributed by atoms with van der Waals surface area (Å²) >= 11 is 0. The summed E-state index contributed by atoms with van der Waals surface area (Å²) in [5, 5.41) is 29.9. The normalized spacial score (nSPS) is 11.2. The van der Waals surface area contributed by atoms with Gasteiger partial charge >= 0.3 is 0 Å². The first-order chi connectivity index (χ1) is 7.71. The molecule has 1 aromatic carbocycles. The molecule has 0 heterocycles. The van der Waals surface area contributed by atoms with Crippen molar-refractivity contribution >= 4 is 5.69 Å². The van der Waals surface area contributed by atoms with Crippen LogP contribution < -0.4 is 5.32 Å². The second-order valence-corrected chi connectivity index (χ2v) is 3.43. The summed E-state index contributed by atoms with van der Waals surface area (Å²) in [6, 6.07) is 8.85. The van der Waals surface area contributed by atoms with Crippen molar-refractivity contribution in [3.8, 4) is 12.1 Å². The smallest absolute Gasteiger partial charge is 0.101 e. The third-order valence-corrected chi connectivity index (χ3v) is 2.27. The minimum Gasteiger partial charge on any atom is -0.391 e. The van der Waals surface area contributed by atoms with Crippen molar-refractivity contribution in [3.05, 3.63) is 29.3 Å². The van der Waals surface area contributed by atoms with E-state index >= 15 is 0 Å². The molecule has 1 aromatic rings. The summed E-state index contributed by atoms with van der Waals surface area (Å²) < 4.78 is 0. The molecule has 0 saturated carbocycles. The fourth-order valence-corrected chi connectivity index (χ4v) is 1.22. The Labute approximate surface area is 94.8 Å². The highest BCUT2D eigenvalue weighted by atomic mass is 16.3. The van der Waals surface area contributed by atoms with Crippen molar-refractivity contribution in [2.45, 2.75) is 19.4 Å². The number of benzene rings is 1. The van der Waals surface area contributed by atoms with E-state index in [1.165, 1.54) is 0 Å². The second kappa shape index (κ2) is 5.75. The Kier molecular flexibility index (Phi) is 4.32. The molecule has 0 radical (unpaired) electrons. The van der Waals surface area contributed by atoms with Crippen molar-refractivity contribution < 1.29 is 5.11 Å². The molecule has 4 heteroatoms. The predicted octanol–water partition coefficient (Wildman–Crippen LogP) is 1.61. The van der Waals surface area contributed by atoms with E-state index in [0.29, 0.717) is 24.1 Å². The number of aliphatic hydroxyl groups excluding tert-OH is 1. The van der Waals surface area contributed by atoms with Crippen LogP contribution in [0.25, 0.3) is 0 Å². The summed E-state index contributed by atoms with van der Waals surface area (Å²) in [5.74, 6) is 0. The Bertz CT molecular complexity index is 443. The Balaban J connectivity index is 2.77. The van der Waals surface area contributed by atoms with Crippen molar-refractivity contribution in [1.29, 1.82) is 10.5 Å². The van der Waals surface area contributed by atoms with Gasteiger partial charge in [0.2, 0.25) is 0 Å². The van der Waals surface area contributed by atoms with Gasteiger partial charge in [0.25, 0.3) is 0 Å². The maximum atomic E-state index is 9.37. The van der Waals surface area contributed by atoms with Gasteiger partial charge in [0.15, 0.2) is 0 Å². The highest BCUT2D eigenvalue weighted by Gasteiger charge is 2.04. The number of hydrogen-bond donors (Lipinski definition) is 2. The topological polar surface area (TPSA) is 79.8 Å². The van der Waals surface area contributed by atoms with Gasteiger partial charge in [-0.05, 0) is 24.6 Å². The van der Waals surface area contributed by atoms with E-state index in [0.717, 1.165) is 5.69 Å². The molecule has 0 amide bonds. The summed E-state index contributed by atoms with van der Waals surface area (Å²) in [4.78, 5) is 0. The van der Waals surface area contributed by atoms with Crippen LogP contribution in [-0.4, -0.2) is 17.8 Å². The van der Waals surface area contributed by atoms with E-state index in [2.05, 4.69) is 5.32 Å². The highest BCUT2D eigenvalue weighted by Crippen LogP contribution is 2.14. The average molecular weight is 215 g/mol. The molecule has 0 fully saturated rings. The van der Waals surface area contributed by atoms with E-state index in [1.54, 1.807) is 18.2 Å². The number of aliphatic hydroxyl groups is 1. The molecule has 0 aliphatic rings. The third kappa shape index (κ3) is 2.98. The standard InChI is InChI=1S/C12H13N3O/c1-2-12(16)8-15-11-4-3-9(6-13)10(5-11)7-14/h3-5,12,15-16H,2,8H2,1H3. The number of anilines is 1. The first-order valence-electron chi connectivity index (χ1n) is 5.07. The Hall–Kier alpha value is -2.04. The summed E-state index contributed by atoms with van der Waals surface area (Å²) in [6.45, 7) is 2.33. The second-order valence-electron chi connectivity index (χ2n) is 3.43. The first kappa shape index (κ1) is 12.0. The lowest BCUT2D eigenvalue weighted by molar-refractivity contribution is 0.183. The van der Waals surface area contributed by atoms with Crippen molar-refractivity contribution in [2.24, 2.45) is 0 Å². The molecular weight excluding hydrogens is 202 g/mol. The number of nitrogens with one attached hydrogen (secondary N) is 1. The van der Waals surface area contributed by atoms with Gasteiger partial charge in [0.05, 0.1) is 17.2 Å². The van der Waals surface area contributed by atoms with Gasteiger partial charge in [-0.15, -0.1) is 0 Å². The lowest BCUT2D eigenvalue weighted by atomic mass is 10.1. The Morgan fingerprint density at radius 2 is 2.00 bits per heavy atom. The van der Waals surface area contributed by atoms with Gasteiger partial charge in [0, 0.05) is 12.2 Å². The quantitative estimate of drug-likeness (QED) is 0.799. The average Bonchev–Trinajstić information content (AvgIpc) is 2.35. The fourth-order valence-electron chi connectivity index (χ4n) is 1.22. The molecule has 1 unspecified atom stereocenters. The molecule has 0 aromatic heterocycles. The summed E-state index contributed by atoms with van der Waals surface area (Å²) in [7, 11) is 0. The zero-order valence-electron chi connectivity index (χ0n) is 9.07. The minimum absolute atomic E-state index is 0.346. The SMILES string of the molecule is CCC(O)CNc1ccc(C#N)c(C#N)c1. The van der Waals surface area contributed by atoms with Gasteiger partial charge in [-0.1, -0.05) is 6.92 Å². The molecule has 2 N–H and O–H groups in total. The molecule has 0 aliphatic carbocycles. The maximum Gasteiger partial charge on any atom is 0.101 e. The van der Waals surface area contributed by atoms with Gasteiger partial charge < -0.3 is 10.4 Å². The molecule has 0 saturated heterocycles. The summed E-state index contributed by atoms with van der Waals surface area (Å²) in [6.07, 6.45) is 0.273. The van der Waals surface area contributed by atoms with Gasteiger partial charge in [-0.2, -0.15) is 10.5 Å². The van der Waals surface area contributed by atoms with Crippen LogP contribution >= 0.6 is 0 Å². The van der Waals surface area contributed by atoms with Crippen molar-refractivity contribution in [2.75, 3.05) is 11.9 Å². The fraction of sp³-hybridized carbons (Fsp3) is 0.333. The van der Waals surface area contributed by atoms with Crippen molar-refractivity contribution in [1.82, 2.24) is 0 Å². The monoisotopic (exact) mass is 215 g/mol. The van der Waals surface area contributed by atoms with E-state index in [1.807, 2.05) is 19.1 Å². The molecular formula is C12H13N3O. The van der Waals surface area contributed by atoms with Gasteiger partial charge in [-0.25, -0.2) is 0 Å². The van der Waals surface area contributed by atoms with Crippen LogP contribution in [0.3, 0.4) is 0 Å². The molecule has 0 spiro atoms. The van der Waals surface area contributed by atoms with E-state index in [4.69, 9.17) is 10.5 Å². The van der Waals surface area contributed by atoms with Crippen molar-refractivity contribution in [3.63, 3.8) is 0 Å². The Morgan fingerprint density at radius 1 is 1.31 bits per heavy atom. The van der Waals surface area contributed by atoms with E-state index in [9.17, 15) is 5.11 Å². The zero-order chi connectivity index (χ0) is 12.0. The predicted molar refractivity (Wildman–Crippen MR) is 60.7 cm³/mol. The first-order valence-corrected chi connectivity index (χ1v) is 5.07. The molecule has 4 nitrogen and oxygen atoms in total. The number of hydrogen-bond acceptors (Lipinski definition) is 4. The summed E-state index contributed by atoms with van der Waals surface area (Å²) in [5.41, 5.74) is 1.45. The number of nitrogens with zero attached hydrogens (tertiary/aromatic N) is 2. The van der Waals surface area contributed by atoms with Crippen LogP contribution in [0, 0.1) is 22.7 Å². The van der Waals surface area contributed by atoms with Crippen LogP contribution in [0.5, 0.6) is 0 Å². The van der Waals surface area contributed by atoms with Crippen LogP contribution in [0.1, 0.15) is 24.5 Å². The van der Waals surface area contributed by atoms with Crippen LogP contribution in [0.15, 0.2) is 18.2 Å². The van der Waals surface area contributed by atoms with E-state index in [-0.39, 0.29) is 0 Å². The van der Waals surface area contributed by atoms with Gasteiger partial charge in [-0.3, -0.25) is 0 Å². The minimum atomic E-state index is -0.402. The van der Waals surface area contributed by atoms with Gasteiger partial charge in [0.1, 0.15) is 12.1 Å². The number of rotatable bonds is 4. The maximum absolute atomic E-state index is 9.37. The third-order valence-electron chi connectivity index (χ3n) is 2.27. The highest BCUT2D eigenvalue weighted by molar-refractivity contribution is 5.56. The van der Waals surface area contributed by atoms with Crippen LogP contribution in [-0.2, 0) is 0 Å².